The highest BCUT2D eigenvalue weighted by Crippen LogP contribution is 2.23. The fourth-order valence-corrected chi connectivity index (χ4v) is 3.66. The maximum absolute atomic E-state index is 11.9. The summed E-state index contributed by atoms with van der Waals surface area (Å²) in [6.45, 7) is 7.01. The molecule has 1 fully saturated rings. The van der Waals surface area contributed by atoms with Gasteiger partial charge in [-0.25, -0.2) is 4.98 Å². The van der Waals surface area contributed by atoms with Crippen molar-refractivity contribution < 1.29 is 0 Å². The largest absolute Gasteiger partial charge is 0.314 e. The highest BCUT2D eigenvalue weighted by Gasteiger charge is 2.28. The number of aryl methyl sites for hydroxylation is 1. The monoisotopic (exact) mass is 307 g/mol. The van der Waals surface area contributed by atoms with Crippen molar-refractivity contribution in [2.24, 2.45) is 0 Å². The molecule has 0 atom stereocenters. The van der Waals surface area contributed by atoms with Crippen LogP contribution in [0.25, 0.3) is 4.96 Å². The van der Waals surface area contributed by atoms with Crippen LogP contribution in [-0.2, 0) is 6.54 Å². The van der Waals surface area contributed by atoms with Gasteiger partial charge >= 0.3 is 0 Å². The molecule has 1 saturated heterocycles. The Balaban J connectivity index is 1.74. The van der Waals surface area contributed by atoms with E-state index in [9.17, 15) is 4.79 Å². The molecule has 3 heterocycles. The number of piperidine rings is 1. The van der Waals surface area contributed by atoms with Crippen molar-refractivity contribution in [1.82, 2.24) is 24.8 Å². The van der Waals surface area contributed by atoms with Gasteiger partial charge in [-0.05, 0) is 33.7 Å². The minimum absolute atomic E-state index is 0.0959. The quantitative estimate of drug-likeness (QED) is 0.918. The molecule has 7 heteroatoms. The molecule has 21 heavy (non-hydrogen) atoms. The maximum Gasteiger partial charge on any atom is 0.275 e. The highest BCUT2D eigenvalue weighted by atomic mass is 32.1. The van der Waals surface area contributed by atoms with Crippen LogP contribution in [0.5, 0.6) is 0 Å². The predicted octanol–water partition coefficient (Wildman–Crippen LogP) is 1.03. The summed E-state index contributed by atoms with van der Waals surface area (Å²) >= 11 is 1.51. The zero-order valence-corrected chi connectivity index (χ0v) is 13.5. The molecule has 1 N–H and O–H groups in total. The van der Waals surface area contributed by atoms with Gasteiger partial charge in [-0.15, -0.1) is 0 Å². The van der Waals surface area contributed by atoms with Crippen LogP contribution in [0.4, 0.5) is 0 Å². The highest BCUT2D eigenvalue weighted by molar-refractivity contribution is 7.16. The first-order valence-corrected chi connectivity index (χ1v) is 8.08. The first-order valence-electron chi connectivity index (χ1n) is 7.27. The summed E-state index contributed by atoms with van der Waals surface area (Å²) in [5, 5.41) is 8.77. The first-order chi connectivity index (χ1) is 9.99. The molecular formula is C14H21N5OS. The molecule has 1 aliphatic heterocycles. The lowest BCUT2D eigenvalue weighted by Gasteiger charge is -2.38. The van der Waals surface area contributed by atoms with E-state index in [2.05, 4.69) is 27.2 Å². The van der Waals surface area contributed by atoms with Gasteiger partial charge in [0.1, 0.15) is 5.01 Å². The minimum atomic E-state index is -0.0959. The van der Waals surface area contributed by atoms with E-state index in [1.807, 2.05) is 14.0 Å². The topological polar surface area (TPSA) is 62.5 Å². The number of hydrogen-bond donors (Lipinski definition) is 1. The fourth-order valence-electron chi connectivity index (χ4n) is 2.67. The van der Waals surface area contributed by atoms with Crippen molar-refractivity contribution in [3.63, 3.8) is 0 Å². The van der Waals surface area contributed by atoms with E-state index >= 15 is 0 Å². The van der Waals surface area contributed by atoms with Crippen molar-refractivity contribution in [2.75, 3.05) is 20.1 Å². The molecule has 3 rings (SSSR count). The Morgan fingerprint density at radius 3 is 2.81 bits per heavy atom. The lowest BCUT2D eigenvalue weighted by atomic mass is 9.90. The number of rotatable bonds is 3. The number of fused-ring (bicyclic) bond motifs is 1. The summed E-state index contributed by atoms with van der Waals surface area (Å²) in [5.41, 5.74) is 0.902. The summed E-state index contributed by atoms with van der Waals surface area (Å²) in [4.78, 5) is 19.3. The Kier molecular flexibility index (Phi) is 3.81. The van der Waals surface area contributed by atoms with E-state index in [0.29, 0.717) is 4.96 Å². The van der Waals surface area contributed by atoms with Gasteiger partial charge < -0.3 is 5.32 Å². The lowest BCUT2D eigenvalue weighted by Crippen LogP contribution is -2.49. The van der Waals surface area contributed by atoms with Crippen molar-refractivity contribution in [2.45, 2.75) is 38.8 Å². The van der Waals surface area contributed by atoms with Crippen LogP contribution in [0.15, 0.2) is 10.9 Å². The standard InChI is InChI=1S/C14H21N5OS/c1-10-8-12(20)19-13(16-10)21-11(17-19)9-18-6-4-14(2,15-3)5-7-18/h8,15H,4-7,9H2,1-3H3. The van der Waals surface area contributed by atoms with Crippen LogP contribution in [0.1, 0.15) is 30.5 Å². The average Bonchev–Trinajstić information content (AvgIpc) is 2.84. The van der Waals surface area contributed by atoms with E-state index in [1.54, 1.807) is 0 Å². The third-order valence-electron chi connectivity index (χ3n) is 4.34. The van der Waals surface area contributed by atoms with Crippen LogP contribution in [0.2, 0.25) is 0 Å². The van der Waals surface area contributed by atoms with Gasteiger partial charge in [0.25, 0.3) is 5.56 Å². The number of hydrogen-bond acceptors (Lipinski definition) is 6. The predicted molar refractivity (Wildman–Crippen MR) is 83.8 cm³/mol. The average molecular weight is 307 g/mol. The lowest BCUT2D eigenvalue weighted by molar-refractivity contribution is 0.146. The molecule has 2 aromatic rings. The van der Waals surface area contributed by atoms with E-state index in [1.165, 1.54) is 21.9 Å². The summed E-state index contributed by atoms with van der Waals surface area (Å²) in [6.07, 6.45) is 2.26. The third kappa shape index (κ3) is 3.00. The molecule has 0 aliphatic carbocycles. The molecule has 0 bridgehead atoms. The van der Waals surface area contributed by atoms with Crippen LogP contribution >= 0.6 is 11.3 Å². The SMILES string of the molecule is CNC1(C)CCN(Cc2nn3c(=O)cc(C)nc3s2)CC1. The third-order valence-corrected chi connectivity index (χ3v) is 5.23. The van der Waals surface area contributed by atoms with Crippen molar-refractivity contribution in [1.29, 1.82) is 0 Å². The van der Waals surface area contributed by atoms with E-state index in [0.717, 1.165) is 43.2 Å². The Morgan fingerprint density at radius 2 is 2.14 bits per heavy atom. The Hall–Kier alpha value is -1.31. The fraction of sp³-hybridized carbons (Fsp3) is 0.643. The number of nitrogens with zero attached hydrogens (tertiary/aromatic N) is 4. The molecule has 0 aromatic carbocycles. The van der Waals surface area contributed by atoms with Crippen molar-refractivity contribution in [3.8, 4) is 0 Å². The van der Waals surface area contributed by atoms with E-state index in [4.69, 9.17) is 0 Å². The van der Waals surface area contributed by atoms with Gasteiger partial charge in [-0.3, -0.25) is 9.69 Å². The minimum Gasteiger partial charge on any atom is -0.314 e. The molecule has 1 aliphatic rings. The zero-order valence-electron chi connectivity index (χ0n) is 12.7. The number of likely N-dealkylation sites (tertiary alicyclic amines) is 1. The van der Waals surface area contributed by atoms with Crippen LogP contribution in [-0.4, -0.2) is 45.2 Å². The molecule has 0 unspecified atom stereocenters. The van der Waals surface area contributed by atoms with Crippen LogP contribution < -0.4 is 10.9 Å². The summed E-state index contributed by atoms with van der Waals surface area (Å²) in [6, 6.07) is 1.52. The van der Waals surface area contributed by atoms with Crippen LogP contribution in [0.3, 0.4) is 0 Å². The molecule has 0 spiro atoms. The molecule has 0 amide bonds. The maximum atomic E-state index is 11.9. The van der Waals surface area contributed by atoms with E-state index in [-0.39, 0.29) is 11.1 Å². The van der Waals surface area contributed by atoms with Gasteiger partial charge in [0, 0.05) is 30.4 Å². The van der Waals surface area contributed by atoms with Gasteiger partial charge in [-0.2, -0.15) is 9.61 Å². The number of nitrogens with one attached hydrogen (secondary N) is 1. The van der Waals surface area contributed by atoms with Gasteiger partial charge in [0.05, 0.1) is 6.54 Å². The summed E-state index contributed by atoms with van der Waals surface area (Å²) in [5.74, 6) is 0. The second kappa shape index (κ2) is 5.47. The Labute approximate surface area is 127 Å². The second-order valence-corrected chi connectivity index (χ2v) is 7.05. The molecule has 2 aromatic heterocycles. The zero-order chi connectivity index (χ0) is 15.0. The molecule has 114 valence electrons. The van der Waals surface area contributed by atoms with Crippen LogP contribution in [0, 0.1) is 6.92 Å². The van der Waals surface area contributed by atoms with Gasteiger partial charge in [-0.1, -0.05) is 11.3 Å². The first kappa shape index (κ1) is 14.6. The molecule has 0 radical (unpaired) electrons. The smallest absolute Gasteiger partial charge is 0.275 e. The molecule has 0 saturated carbocycles. The normalized spacial score (nSPS) is 19.2. The molecular weight excluding hydrogens is 286 g/mol. The van der Waals surface area contributed by atoms with Gasteiger partial charge in [0.2, 0.25) is 4.96 Å². The molecule has 6 nitrogen and oxygen atoms in total. The number of aromatic nitrogens is 3. The second-order valence-electron chi connectivity index (χ2n) is 6.01. The van der Waals surface area contributed by atoms with Crippen molar-refractivity contribution in [3.05, 3.63) is 27.1 Å². The van der Waals surface area contributed by atoms with E-state index < -0.39 is 0 Å². The summed E-state index contributed by atoms with van der Waals surface area (Å²) < 4.78 is 1.41. The van der Waals surface area contributed by atoms with Crippen molar-refractivity contribution >= 4 is 16.3 Å². The Bertz CT molecular complexity index is 699. The van der Waals surface area contributed by atoms with Gasteiger partial charge in [0.15, 0.2) is 0 Å². The Morgan fingerprint density at radius 1 is 1.43 bits per heavy atom. The summed E-state index contributed by atoms with van der Waals surface area (Å²) in [7, 11) is 2.03.